The van der Waals surface area contributed by atoms with E-state index in [1.807, 2.05) is 18.2 Å². The van der Waals surface area contributed by atoms with Crippen LogP contribution in [0.1, 0.15) is 64.9 Å². The molecule has 0 spiro atoms. The van der Waals surface area contributed by atoms with Crippen molar-refractivity contribution < 1.29 is 28.7 Å². The molecule has 0 aromatic heterocycles. The third-order valence-electron chi connectivity index (χ3n) is 8.53. The highest BCUT2D eigenvalue weighted by molar-refractivity contribution is 6.03. The van der Waals surface area contributed by atoms with Gasteiger partial charge in [0.25, 0.3) is 0 Å². The number of ether oxygens (including phenoxy) is 1. The van der Waals surface area contributed by atoms with Gasteiger partial charge >= 0.3 is 6.09 Å². The summed E-state index contributed by atoms with van der Waals surface area (Å²) in [6.45, 7) is 6.20. The van der Waals surface area contributed by atoms with Gasteiger partial charge in [0.1, 0.15) is 17.7 Å². The Morgan fingerprint density at radius 3 is 2.39 bits per heavy atom. The lowest BCUT2D eigenvalue weighted by atomic mass is 9.78. The summed E-state index contributed by atoms with van der Waals surface area (Å²) in [6, 6.07) is 8.77. The Hall–Kier alpha value is -4.15. The van der Waals surface area contributed by atoms with Crippen LogP contribution < -0.4 is 21.3 Å². The lowest BCUT2D eigenvalue weighted by molar-refractivity contribution is -0.136. The number of rotatable bonds is 7. The molecule has 11 heteroatoms. The molecule has 3 aliphatic heterocycles. The maximum atomic E-state index is 13.8. The van der Waals surface area contributed by atoms with Gasteiger partial charge in [0.05, 0.1) is 6.54 Å². The zero-order chi connectivity index (χ0) is 31.4. The molecule has 1 aliphatic carbocycles. The van der Waals surface area contributed by atoms with Crippen LogP contribution in [-0.4, -0.2) is 78.2 Å². The van der Waals surface area contributed by atoms with Crippen LogP contribution >= 0.6 is 0 Å². The summed E-state index contributed by atoms with van der Waals surface area (Å²) in [5.74, 6) is -0.442. The average molecular weight is 606 g/mol. The Morgan fingerprint density at radius 2 is 1.64 bits per heavy atom. The van der Waals surface area contributed by atoms with Crippen LogP contribution in [0.3, 0.4) is 0 Å². The van der Waals surface area contributed by atoms with Crippen LogP contribution in [-0.2, 0) is 30.3 Å². The van der Waals surface area contributed by atoms with Crippen molar-refractivity contribution in [2.45, 2.75) is 83.4 Å². The first-order valence-electron chi connectivity index (χ1n) is 15.6. The van der Waals surface area contributed by atoms with E-state index >= 15 is 0 Å². The second kappa shape index (κ2) is 13.2. The molecule has 5 rings (SSSR count). The maximum absolute atomic E-state index is 13.8. The minimum absolute atomic E-state index is 0.0243. The molecule has 0 saturated carbocycles. The van der Waals surface area contributed by atoms with Crippen LogP contribution in [0.4, 0.5) is 4.79 Å². The third-order valence-corrected chi connectivity index (χ3v) is 8.53. The molecule has 3 amide bonds. The Kier molecular flexibility index (Phi) is 9.41. The summed E-state index contributed by atoms with van der Waals surface area (Å²) in [5, 5.41) is 12.0. The monoisotopic (exact) mass is 605 g/mol. The minimum Gasteiger partial charge on any atom is -0.444 e. The van der Waals surface area contributed by atoms with E-state index < -0.39 is 23.8 Å². The molecular weight excluding hydrogens is 562 g/mol. The molecule has 0 bridgehead atoms. The molecule has 0 radical (unpaired) electrons. The lowest BCUT2D eigenvalue weighted by Gasteiger charge is -2.40. The number of carbonyl (C=O) groups is 5. The first-order valence-corrected chi connectivity index (χ1v) is 15.6. The van der Waals surface area contributed by atoms with Crippen molar-refractivity contribution in [2.75, 3.05) is 26.2 Å². The second-order valence-electron chi connectivity index (χ2n) is 13.0. The summed E-state index contributed by atoms with van der Waals surface area (Å²) in [4.78, 5) is 66.3. The number of hydrogen-bond donors (Lipinski definition) is 4. The summed E-state index contributed by atoms with van der Waals surface area (Å²) in [7, 11) is 0. The second-order valence-corrected chi connectivity index (χ2v) is 13.0. The molecule has 0 saturated heterocycles. The Bertz CT molecular complexity index is 1380. The quantitative estimate of drug-likeness (QED) is 0.347. The molecule has 236 valence electrons. The van der Waals surface area contributed by atoms with Gasteiger partial charge in [-0.1, -0.05) is 30.3 Å². The van der Waals surface area contributed by atoms with Gasteiger partial charge in [-0.3, -0.25) is 19.2 Å². The summed E-state index contributed by atoms with van der Waals surface area (Å²) >= 11 is 0. The Morgan fingerprint density at radius 1 is 0.932 bits per heavy atom. The minimum atomic E-state index is -0.777. The first kappa shape index (κ1) is 31.3. The number of allylic oxidation sites excluding steroid dienone is 2. The Labute approximate surface area is 258 Å². The van der Waals surface area contributed by atoms with Gasteiger partial charge in [-0.15, -0.1) is 0 Å². The van der Waals surface area contributed by atoms with E-state index in [9.17, 15) is 24.0 Å². The third kappa shape index (κ3) is 7.49. The van der Waals surface area contributed by atoms with Gasteiger partial charge in [-0.05, 0) is 58.4 Å². The van der Waals surface area contributed by atoms with Crippen molar-refractivity contribution in [1.29, 1.82) is 0 Å². The fourth-order valence-electron chi connectivity index (χ4n) is 6.47. The van der Waals surface area contributed by atoms with Crippen molar-refractivity contribution in [1.82, 2.24) is 26.2 Å². The predicted molar refractivity (Wildman–Crippen MR) is 163 cm³/mol. The van der Waals surface area contributed by atoms with Gasteiger partial charge in [0, 0.05) is 60.9 Å². The molecule has 0 unspecified atom stereocenters. The fraction of sp³-hybridized carbons (Fsp3) is 0.545. The van der Waals surface area contributed by atoms with Crippen LogP contribution in [0.15, 0.2) is 52.9 Å². The van der Waals surface area contributed by atoms with Crippen LogP contribution in [0.5, 0.6) is 0 Å². The number of hydrogen-bond acceptors (Lipinski definition) is 8. The van der Waals surface area contributed by atoms with Gasteiger partial charge in [-0.2, -0.15) is 0 Å². The summed E-state index contributed by atoms with van der Waals surface area (Å²) in [6.07, 6.45) is 3.43. The van der Waals surface area contributed by atoms with Gasteiger partial charge in [0.15, 0.2) is 11.6 Å². The lowest BCUT2D eigenvalue weighted by Crippen LogP contribution is -2.56. The van der Waals surface area contributed by atoms with E-state index in [0.717, 1.165) is 37.0 Å². The molecule has 1 aromatic carbocycles. The van der Waals surface area contributed by atoms with E-state index in [4.69, 9.17) is 4.74 Å². The number of nitrogens with zero attached hydrogens (tertiary/aromatic N) is 1. The molecule has 44 heavy (non-hydrogen) atoms. The van der Waals surface area contributed by atoms with Crippen LogP contribution in [0.25, 0.3) is 0 Å². The van der Waals surface area contributed by atoms with Crippen molar-refractivity contribution in [3.05, 3.63) is 58.4 Å². The maximum Gasteiger partial charge on any atom is 0.407 e. The number of alkyl carbamates (subject to hydrolysis) is 1. The van der Waals surface area contributed by atoms with E-state index in [0.29, 0.717) is 24.2 Å². The van der Waals surface area contributed by atoms with Crippen molar-refractivity contribution in [2.24, 2.45) is 5.92 Å². The van der Waals surface area contributed by atoms with E-state index in [1.54, 1.807) is 25.7 Å². The molecule has 4 N–H and O–H groups in total. The van der Waals surface area contributed by atoms with Crippen molar-refractivity contribution in [3.63, 3.8) is 0 Å². The molecule has 3 atom stereocenters. The van der Waals surface area contributed by atoms with Gasteiger partial charge in [-0.25, -0.2) is 4.79 Å². The zero-order valence-electron chi connectivity index (χ0n) is 25.8. The first-order chi connectivity index (χ1) is 21.0. The molecule has 4 aliphatic rings. The highest BCUT2D eigenvalue weighted by Crippen LogP contribution is 2.35. The van der Waals surface area contributed by atoms with Crippen molar-refractivity contribution >= 4 is 29.5 Å². The number of amides is 3. The summed E-state index contributed by atoms with van der Waals surface area (Å²) < 4.78 is 5.18. The number of Topliss-reactive ketones (excluding diaryl/α,β-unsaturated/α-hetero) is 2. The zero-order valence-corrected chi connectivity index (χ0v) is 25.8. The standard InChI is InChI=1S/C33H43N5O6/c1-33(2,3)44-32(43)35-14-13-34-30(41)24-17-27(39)22-12-15-38(19-26(22)36-24)31(42)25-18-28(40)23-11-7-10-21(29(23)37-25)16-20-8-5-4-6-9-20/h4-6,8-9,21,24-25,36-37H,7,10-19H2,1-3H3,(H,34,41)(H,35,43)/t21-,24-,25+/m0/s1. The van der Waals surface area contributed by atoms with Crippen LogP contribution in [0.2, 0.25) is 0 Å². The van der Waals surface area contributed by atoms with Gasteiger partial charge < -0.3 is 30.9 Å². The van der Waals surface area contributed by atoms with E-state index in [-0.39, 0.29) is 61.8 Å². The van der Waals surface area contributed by atoms with E-state index in [1.165, 1.54) is 5.56 Å². The number of nitrogens with one attached hydrogen (secondary N) is 4. The summed E-state index contributed by atoms with van der Waals surface area (Å²) in [5.41, 5.74) is 3.53. The number of benzene rings is 1. The molecule has 11 nitrogen and oxygen atoms in total. The SMILES string of the molecule is CC(C)(C)OC(=O)NCCNC(=O)[C@@H]1CC(=O)C2=C(CN(C(=O)[C@H]3CC(=O)C4=C(N3)[C@H](Cc3ccccc3)CCC4)CC2)N1. The average Bonchev–Trinajstić information content (AvgIpc) is 2.98. The molecule has 1 aromatic rings. The van der Waals surface area contributed by atoms with E-state index in [2.05, 4.69) is 33.4 Å². The van der Waals surface area contributed by atoms with Crippen molar-refractivity contribution in [3.8, 4) is 0 Å². The van der Waals surface area contributed by atoms with Crippen LogP contribution in [0, 0.1) is 5.92 Å². The highest BCUT2D eigenvalue weighted by atomic mass is 16.6. The largest absolute Gasteiger partial charge is 0.444 e. The fourth-order valence-corrected chi connectivity index (χ4v) is 6.47. The number of ketones is 2. The van der Waals surface area contributed by atoms with Gasteiger partial charge in [0.2, 0.25) is 11.8 Å². The molecule has 0 fully saturated rings. The smallest absolute Gasteiger partial charge is 0.407 e. The predicted octanol–water partition coefficient (Wildman–Crippen LogP) is 2.27. The Balaban J connectivity index is 1.17. The number of carbonyl (C=O) groups excluding carboxylic acids is 5. The topological polar surface area (TPSA) is 146 Å². The highest BCUT2D eigenvalue weighted by Gasteiger charge is 2.40. The normalized spacial score (nSPS) is 23.6. The molecular formula is C33H43N5O6. The molecule has 3 heterocycles.